The number of ether oxygens (including phenoxy) is 1. The zero-order chi connectivity index (χ0) is 13.7. The molecule has 1 aliphatic heterocycles. The Morgan fingerprint density at radius 3 is 2.53 bits per heavy atom. The molecule has 2 rings (SSSR count). The number of benzene rings is 1. The Bertz CT molecular complexity index is 424. The first-order chi connectivity index (χ1) is 9.19. The van der Waals surface area contributed by atoms with Gasteiger partial charge in [0.1, 0.15) is 0 Å². The van der Waals surface area contributed by atoms with Crippen LogP contribution < -0.4 is 5.32 Å². The standard InChI is InChI=1S/C15H20ClNO2/c1-2-11-19-14(18)15(7-9-17-10-8-15)12-3-5-13(16)6-4-12/h3-6,17H,2,7-11H2,1H3. The minimum Gasteiger partial charge on any atom is -0.465 e. The molecular formula is C15H20ClNO2. The van der Waals surface area contributed by atoms with E-state index in [-0.39, 0.29) is 5.97 Å². The van der Waals surface area contributed by atoms with Crippen LogP contribution in [-0.2, 0) is 14.9 Å². The quantitative estimate of drug-likeness (QED) is 0.863. The molecule has 0 aromatic heterocycles. The van der Waals surface area contributed by atoms with Crippen molar-refractivity contribution in [1.82, 2.24) is 5.32 Å². The van der Waals surface area contributed by atoms with Crippen LogP contribution >= 0.6 is 11.6 Å². The Balaban J connectivity index is 2.28. The molecule has 0 unspecified atom stereocenters. The van der Waals surface area contributed by atoms with Gasteiger partial charge in [-0.05, 0) is 50.0 Å². The molecular weight excluding hydrogens is 262 g/mol. The first kappa shape index (κ1) is 14.4. The van der Waals surface area contributed by atoms with Gasteiger partial charge in [-0.3, -0.25) is 4.79 Å². The van der Waals surface area contributed by atoms with Crippen molar-refractivity contribution in [3.05, 3.63) is 34.9 Å². The largest absolute Gasteiger partial charge is 0.465 e. The third-order valence-electron chi connectivity index (χ3n) is 3.68. The van der Waals surface area contributed by atoms with Crippen molar-refractivity contribution in [3.8, 4) is 0 Å². The van der Waals surface area contributed by atoms with Crippen molar-refractivity contribution in [2.24, 2.45) is 0 Å². The molecule has 0 amide bonds. The highest BCUT2D eigenvalue weighted by molar-refractivity contribution is 6.30. The molecule has 0 spiro atoms. The molecule has 0 aliphatic carbocycles. The second kappa shape index (κ2) is 6.40. The average Bonchev–Trinajstić information content (AvgIpc) is 2.46. The molecule has 1 fully saturated rings. The summed E-state index contributed by atoms with van der Waals surface area (Å²) in [4.78, 5) is 12.5. The molecule has 0 saturated carbocycles. The van der Waals surface area contributed by atoms with E-state index in [0.717, 1.165) is 37.9 Å². The smallest absolute Gasteiger partial charge is 0.316 e. The number of piperidine rings is 1. The van der Waals surface area contributed by atoms with Gasteiger partial charge in [0.2, 0.25) is 0 Å². The fraction of sp³-hybridized carbons (Fsp3) is 0.533. The number of hydrogen-bond donors (Lipinski definition) is 1. The Hall–Kier alpha value is -1.06. The number of carbonyl (C=O) groups excluding carboxylic acids is 1. The molecule has 1 saturated heterocycles. The highest BCUT2D eigenvalue weighted by Crippen LogP contribution is 2.35. The summed E-state index contributed by atoms with van der Waals surface area (Å²) in [6.45, 7) is 4.17. The van der Waals surface area contributed by atoms with Crippen molar-refractivity contribution in [3.63, 3.8) is 0 Å². The fourth-order valence-electron chi connectivity index (χ4n) is 2.57. The Labute approximate surface area is 119 Å². The second-order valence-corrected chi connectivity index (χ2v) is 5.41. The number of nitrogens with one attached hydrogen (secondary N) is 1. The van der Waals surface area contributed by atoms with Crippen molar-refractivity contribution >= 4 is 17.6 Å². The van der Waals surface area contributed by atoms with Gasteiger partial charge in [0.05, 0.1) is 12.0 Å². The predicted molar refractivity (Wildman–Crippen MR) is 76.5 cm³/mol. The molecule has 1 N–H and O–H groups in total. The predicted octanol–water partition coefficient (Wildman–Crippen LogP) is 2.91. The van der Waals surface area contributed by atoms with Gasteiger partial charge >= 0.3 is 5.97 Å². The zero-order valence-electron chi connectivity index (χ0n) is 11.2. The lowest BCUT2D eigenvalue weighted by Gasteiger charge is -2.35. The normalized spacial score (nSPS) is 18.0. The van der Waals surface area contributed by atoms with Gasteiger partial charge in [-0.25, -0.2) is 0 Å². The van der Waals surface area contributed by atoms with Crippen LogP contribution in [0.2, 0.25) is 5.02 Å². The van der Waals surface area contributed by atoms with E-state index in [1.807, 2.05) is 31.2 Å². The summed E-state index contributed by atoms with van der Waals surface area (Å²) in [7, 11) is 0. The molecule has 1 heterocycles. The first-order valence-corrected chi connectivity index (χ1v) is 7.21. The summed E-state index contributed by atoms with van der Waals surface area (Å²) in [6.07, 6.45) is 2.40. The first-order valence-electron chi connectivity index (χ1n) is 6.83. The van der Waals surface area contributed by atoms with E-state index in [1.54, 1.807) is 0 Å². The SMILES string of the molecule is CCCOC(=O)C1(c2ccc(Cl)cc2)CCNCC1. The third kappa shape index (κ3) is 3.10. The summed E-state index contributed by atoms with van der Waals surface area (Å²) in [5, 5.41) is 3.99. The van der Waals surface area contributed by atoms with E-state index in [1.165, 1.54) is 0 Å². The number of carbonyl (C=O) groups is 1. The molecule has 3 nitrogen and oxygen atoms in total. The van der Waals surface area contributed by atoms with E-state index >= 15 is 0 Å². The second-order valence-electron chi connectivity index (χ2n) is 4.97. The minimum absolute atomic E-state index is 0.0989. The van der Waals surface area contributed by atoms with Gasteiger partial charge in [0, 0.05) is 5.02 Å². The summed E-state index contributed by atoms with van der Waals surface area (Å²) < 4.78 is 5.42. The molecule has 0 bridgehead atoms. The van der Waals surface area contributed by atoms with Crippen LogP contribution in [0.1, 0.15) is 31.7 Å². The van der Waals surface area contributed by atoms with E-state index in [2.05, 4.69) is 5.32 Å². The molecule has 1 aromatic rings. The maximum atomic E-state index is 12.5. The van der Waals surface area contributed by atoms with E-state index in [4.69, 9.17) is 16.3 Å². The lowest BCUT2D eigenvalue weighted by Crippen LogP contribution is -2.46. The number of rotatable bonds is 4. The summed E-state index contributed by atoms with van der Waals surface area (Å²) in [5.74, 6) is -0.0989. The number of esters is 1. The van der Waals surface area contributed by atoms with Crippen LogP contribution in [0, 0.1) is 0 Å². The van der Waals surface area contributed by atoms with E-state index in [0.29, 0.717) is 11.6 Å². The van der Waals surface area contributed by atoms with Crippen molar-refractivity contribution in [1.29, 1.82) is 0 Å². The third-order valence-corrected chi connectivity index (χ3v) is 3.93. The summed E-state index contributed by atoms with van der Waals surface area (Å²) in [5.41, 5.74) is 0.505. The van der Waals surface area contributed by atoms with Crippen LogP contribution in [0.3, 0.4) is 0 Å². The minimum atomic E-state index is -0.509. The Morgan fingerprint density at radius 2 is 1.95 bits per heavy atom. The zero-order valence-corrected chi connectivity index (χ0v) is 12.0. The molecule has 0 radical (unpaired) electrons. The average molecular weight is 282 g/mol. The molecule has 1 aliphatic rings. The van der Waals surface area contributed by atoms with Crippen molar-refractivity contribution in [2.75, 3.05) is 19.7 Å². The van der Waals surface area contributed by atoms with Gasteiger partial charge in [0.25, 0.3) is 0 Å². The fourth-order valence-corrected chi connectivity index (χ4v) is 2.69. The van der Waals surface area contributed by atoms with Crippen LogP contribution in [-0.4, -0.2) is 25.7 Å². The van der Waals surface area contributed by atoms with Crippen molar-refractivity contribution in [2.45, 2.75) is 31.6 Å². The van der Waals surface area contributed by atoms with Gasteiger partial charge in [-0.1, -0.05) is 30.7 Å². The molecule has 19 heavy (non-hydrogen) atoms. The molecule has 0 atom stereocenters. The van der Waals surface area contributed by atoms with Gasteiger partial charge in [0.15, 0.2) is 0 Å². The summed E-state index contributed by atoms with van der Waals surface area (Å²) >= 11 is 5.93. The van der Waals surface area contributed by atoms with Crippen LogP contribution in [0.25, 0.3) is 0 Å². The van der Waals surface area contributed by atoms with Gasteiger partial charge < -0.3 is 10.1 Å². The number of halogens is 1. The van der Waals surface area contributed by atoms with Crippen LogP contribution in [0.15, 0.2) is 24.3 Å². The maximum absolute atomic E-state index is 12.5. The highest BCUT2D eigenvalue weighted by atomic mass is 35.5. The number of hydrogen-bond acceptors (Lipinski definition) is 3. The van der Waals surface area contributed by atoms with Crippen molar-refractivity contribution < 1.29 is 9.53 Å². The Kier molecular flexibility index (Phi) is 4.83. The Morgan fingerprint density at radius 1 is 1.32 bits per heavy atom. The van der Waals surface area contributed by atoms with Crippen LogP contribution in [0.4, 0.5) is 0 Å². The van der Waals surface area contributed by atoms with Crippen LogP contribution in [0.5, 0.6) is 0 Å². The topological polar surface area (TPSA) is 38.3 Å². The van der Waals surface area contributed by atoms with Gasteiger partial charge in [-0.2, -0.15) is 0 Å². The van der Waals surface area contributed by atoms with E-state index in [9.17, 15) is 4.79 Å². The lowest BCUT2D eigenvalue weighted by molar-refractivity contribution is -0.152. The molecule has 4 heteroatoms. The van der Waals surface area contributed by atoms with Gasteiger partial charge in [-0.15, -0.1) is 0 Å². The molecule has 1 aromatic carbocycles. The lowest BCUT2D eigenvalue weighted by atomic mass is 9.73. The summed E-state index contributed by atoms with van der Waals surface area (Å²) in [6, 6.07) is 7.57. The van der Waals surface area contributed by atoms with E-state index < -0.39 is 5.41 Å². The maximum Gasteiger partial charge on any atom is 0.316 e. The monoisotopic (exact) mass is 281 g/mol. The molecule has 104 valence electrons. The highest BCUT2D eigenvalue weighted by Gasteiger charge is 2.42.